The Kier molecular flexibility index (Phi) is 4.34. The third-order valence-corrected chi connectivity index (χ3v) is 8.09. The molecule has 5 nitrogen and oxygen atoms in total. The summed E-state index contributed by atoms with van der Waals surface area (Å²) >= 11 is 1.80. The number of sulfonamides is 1. The lowest BCUT2D eigenvalue weighted by Crippen LogP contribution is -2.50. The normalized spacial score (nSPS) is 22.2. The standard InChI is InChI=1S/C17H22N2O3S2/c20-17(13-3-4-13)18-7-9-19(10-8-18)24(21,22)15-5-6-16-14(12-15)2-1-11-23-16/h5-6,12-13H,1-4,7-11H2. The molecule has 0 spiro atoms. The van der Waals surface area contributed by atoms with E-state index in [4.69, 9.17) is 0 Å². The molecule has 4 rings (SSSR count). The van der Waals surface area contributed by atoms with Crippen LogP contribution in [0.5, 0.6) is 0 Å². The van der Waals surface area contributed by atoms with Crippen molar-refractivity contribution in [1.82, 2.24) is 9.21 Å². The number of piperazine rings is 1. The first-order valence-corrected chi connectivity index (χ1v) is 11.0. The van der Waals surface area contributed by atoms with Gasteiger partial charge in [-0.2, -0.15) is 4.31 Å². The lowest BCUT2D eigenvalue weighted by atomic mass is 10.1. The average Bonchev–Trinajstić information content (AvgIpc) is 3.46. The summed E-state index contributed by atoms with van der Waals surface area (Å²) in [6, 6.07) is 5.52. The number of amides is 1. The van der Waals surface area contributed by atoms with Crippen LogP contribution in [0.25, 0.3) is 0 Å². The molecular weight excluding hydrogens is 344 g/mol. The lowest BCUT2D eigenvalue weighted by Gasteiger charge is -2.34. The van der Waals surface area contributed by atoms with Gasteiger partial charge in [-0.05, 0) is 55.2 Å². The van der Waals surface area contributed by atoms with E-state index >= 15 is 0 Å². The molecule has 1 aliphatic carbocycles. The lowest BCUT2D eigenvalue weighted by molar-refractivity contribution is -0.133. The summed E-state index contributed by atoms with van der Waals surface area (Å²) in [6.07, 6.45) is 4.04. The molecule has 2 aliphatic heterocycles. The maximum absolute atomic E-state index is 12.9. The van der Waals surface area contributed by atoms with Crippen molar-refractivity contribution in [2.45, 2.75) is 35.5 Å². The Morgan fingerprint density at radius 3 is 2.58 bits per heavy atom. The van der Waals surface area contributed by atoms with E-state index in [0.29, 0.717) is 31.1 Å². The third-order valence-electron chi connectivity index (χ3n) is 4.99. The summed E-state index contributed by atoms with van der Waals surface area (Å²) in [5.74, 6) is 1.51. The Balaban J connectivity index is 1.48. The Morgan fingerprint density at radius 1 is 1.12 bits per heavy atom. The Labute approximate surface area is 147 Å². The fourth-order valence-corrected chi connectivity index (χ4v) is 5.88. The minimum atomic E-state index is -3.46. The molecule has 0 bridgehead atoms. The average molecular weight is 367 g/mol. The van der Waals surface area contributed by atoms with Crippen molar-refractivity contribution < 1.29 is 13.2 Å². The molecule has 0 radical (unpaired) electrons. The maximum Gasteiger partial charge on any atom is 0.243 e. The molecule has 2 heterocycles. The highest BCUT2D eigenvalue weighted by Gasteiger charge is 2.36. The smallest absolute Gasteiger partial charge is 0.243 e. The largest absolute Gasteiger partial charge is 0.340 e. The predicted octanol–water partition coefficient (Wildman–Crippen LogP) is 1.97. The van der Waals surface area contributed by atoms with Crippen LogP contribution in [0.4, 0.5) is 0 Å². The molecule has 3 aliphatic rings. The summed E-state index contributed by atoms with van der Waals surface area (Å²) in [5.41, 5.74) is 1.15. The molecule has 24 heavy (non-hydrogen) atoms. The van der Waals surface area contributed by atoms with Gasteiger partial charge in [-0.15, -0.1) is 11.8 Å². The summed E-state index contributed by atoms with van der Waals surface area (Å²) in [6.45, 7) is 1.81. The zero-order valence-corrected chi connectivity index (χ0v) is 15.2. The second-order valence-electron chi connectivity index (χ2n) is 6.73. The highest BCUT2D eigenvalue weighted by molar-refractivity contribution is 7.99. The van der Waals surface area contributed by atoms with Gasteiger partial charge in [0.2, 0.25) is 15.9 Å². The highest BCUT2D eigenvalue weighted by atomic mass is 32.2. The zero-order valence-electron chi connectivity index (χ0n) is 13.6. The minimum absolute atomic E-state index is 0.200. The van der Waals surface area contributed by atoms with Gasteiger partial charge in [0, 0.05) is 37.0 Å². The number of benzene rings is 1. The summed E-state index contributed by atoms with van der Waals surface area (Å²) in [7, 11) is -3.46. The molecule has 130 valence electrons. The molecule has 1 saturated heterocycles. The van der Waals surface area contributed by atoms with Crippen LogP contribution in [-0.2, 0) is 21.2 Å². The molecule has 1 saturated carbocycles. The Hall–Kier alpha value is -1.05. The highest BCUT2D eigenvalue weighted by Crippen LogP contribution is 2.33. The summed E-state index contributed by atoms with van der Waals surface area (Å²) in [5, 5.41) is 0. The number of fused-ring (bicyclic) bond motifs is 1. The monoisotopic (exact) mass is 366 g/mol. The van der Waals surface area contributed by atoms with Crippen LogP contribution >= 0.6 is 11.8 Å². The first-order chi connectivity index (χ1) is 11.6. The predicted molar refractivity (Wildman–Crippen MR) is 93.5 cm³/mol. The number of hydrogen-bond acceptors (Lipinski definition) is 4. The van der Waals surface area contributed by atoms with E-state index in [9.17, 15) is 13.2 Å². The summed E-state index contributed by atoms with van der Waals surface area (Å²) < 4.78 is 27.4. The minimum Gasteiger partial charge on any atom is -0.340 e. The third kappa shape index (κ3) is 3.09. The molecule has 0 unspecified atom stereocenters. The first-order valence-electron chi connectivity index (χ1n) is 8.60. The number of aryl methyl sites for hydroxylation is 1. The van der Waals surface area contributed by atoms with E-state index in [1.165, 1.54) is 9.20 Å². The van der Waals surface area contributed by atoms with E-state index < -0.39 is 10.0 Å². The van der Waals surface area contributed by atoms with E-state index in [0.717, 1.165) is 37.0 Å². The Bertz CT molecular complexity index is 751. The summed E-state index contributed by atoms with van der Waals surface area (Å²) in [4.78, 5) is 15.5. The first kappa shape index (κ1) is 16.4. The molecule has 0 atom stereocenters. The maximum atomic E-state index is 12.9. The number of carbonyl (C=O) groups excluding carboxylic acids is 1. The van der Waals surface area contributed by atoms with Gasteiger partial charge in [0.05, 0.1) is 4.90 Å². The van der Waals surface area contributed by atoms with Gasteiger partial charge in [0.15, 0.2) is 0 Å². The topological polar surface area (TPSA) is 57.7 Å². The van der Waals surface area contributed by atoms with E-state index in [-0.39, 0.29) is 11.8 Å². The van der Waals surface area contributed by atoms with Crippen LogP contribution in [0.3, 0.4) is 0 Å². The number of nitrogens with zero attached hydrogens (tertiary/aromatic N) is 2. The number of rotatable bonds is 3. The van der Waals surface area contributed by atoms with Crippen LogP contribution in [0, 0.1) is 5.92 Å². The molecule has 0 N–H and O–H groups in total. The van der Waals surface area contributed by atoms with Crippen LogP contribution in [0.1, 0.15) is 24.8 Å². The molecule has 0 aromatic heterocycles. The quantitative estimate of drug-likeness (QED) is 0.821. The zero-order chi connectivity index (χ0) is 16.7. The van der Waals surface area contributed by atoms with Gasteiger partial charge in [-0.3, -0.25) is 4.79 Å². The van der Waals surface area contributed by atoms with Gasteiger partial charge < -0.3 is 4.90 Å². The number of hydrogen-bond donors (Lipinski definition) is 0. The van der Waals surface area contributed by atoms with Crippen molar-refractivity contribution in [2.75, 3.05) is 31.9 Å². The van der Waals surface area contributed by atoms with E-state index in [1.807, 2.05) is 17.0 Å². The van der Waals surface area contributed by atoms with E-state index in [2.05, 4.69) is 0 Å². The molecule has 1 aromatic carbocycles. The molecule has 1 aromatic rings. The van der Waals surface area contributed by atoms with Gasteiger partial charge in [-0.25, -0.2) is 8.42 Å². The van der Waals surface area contributed by atoms with Gasteiger partial charge in [0.25, 0.3) is 0 Å². The second kappa shape index (κ2) is 6.35. The molecular formula is C17H22N2O3S2. The van der Waals surface area contributed by atoms with Crippen LogP contribution in [0.2, 0.25) is 0 Å². The van der Waals surface area contributed by atoms with E-state index in [1.54, 1.807) is 17.8 Å². The van der Waals surface area contributed by atoms with Crippen molar-refractivity contribution in [3.8, 4) is 0 Å². The van der Waals surface area contributed by atoms with Crippen molar-refractivity contribution in [2.24, 2.45) is 5.92 Å². The SMILES string of the molecule is O=C(C1CC1)N1CCN(S(=O)(=O)c2ccc3c(c2)CCCS3)CC1. The molecule has 7 heteroatoms. The van der Waals surface area contributed by atoms with Gasteiger partial charge in [0.1, 0.15) is 0 Å². The fourth-order valence-electron chi connectivity index (χ4n) is 3.38. The molecule has 1 amide bonds. The Morgan fingerprint density at radius 2 is 1.88 bits per heavy atom. The fraction of sp³-hybridized carbons (Fsp3) is 0.588. The van der Waals surface area contributed by atoms with Crippen molar-refractivity contribution >= 4 is 27.7 Å². The van der Waals surface area contributed by atoms with Crippen molar-refractivity contribution in [3.05, 3.63) is 23.8 Å². The van der Waals surface area contributed by atoms with Crippen LogP contribution < -0.4 is 0 Å². The van der Waals surface area contributed by atoms with Crippen molar-refractivity contribution in [1.29, 1.82) is 0 Å². The molecule has 2 fully saturated rings. The second-order valence-corrected chi connectivity index (χ2v) is 9.80. The van der Waals surface area contributed by atoms with Gasteiger partial charge in [-0.1, -0.05) is 0 Å². The van der Waals surface area contributed by atoms with Crippen molar-refractivity contribution in [3.63, 3.8) is 0 Å². The van der Waals surface area contributed by atoms with Crippen LogP contribution in [0.15, 0.2) is 28.0 Å². The number of carbonyl (C=O) groups is 1. The van der Waals surface area contributed by atoms with Gasteiger partial charge >= 0.3 is 0 Å². The number of thioether (sulfide) groups is 1. The van der Waals surface area contributed by atoms with Crippen LogP contribution in [-0.4, -0.2) is 55.5 Å².